The summed E-state index contributed by atoms with van der Waals surface area (Å²) in [4.78, 5) is 46.4. The average Bonchev–Trinajstić information content (AvgIpc) is 3.19. The Labute approximate surface area is 278 Å². The number of rotatable bonds is 13. The monoisotopic (exact) mass is 655 g/mol. The Morgan fingerprint density at radius 1 is 0.917 bits per heavy atom. The number of non-ortho nitro benzene ring substituents is 2. The Bertz CT molecular complexity index is 1860. The third-order valence-electron chi connectivity index (χ3n) is 8.90. The summed E-state index contributed by atoms with van der Waals surface area (Å²) in [6.07, 6.45) is 5.56. The molecule has 250 valence electrons. The van der Waals surface area contributed by atoms with Crippen LogP contribution in [0.4, 0.5) is 22.7 Å². The number of nitro benzene ring substituents is 2. The number of quaternary nitrogens is 1. The fourth-order valence-corrected chi connectivity index (χ4v) is 6.12. The van der Waals surface area contributed by atoms with Gasteiger partial charge in [-0.1, -0.05) is 64.6 Å². The molecule has 0 aromatic heterocycles. The molecule has 3 aromatic carbocycles. The summed E-state index contributed by atoms with van der Waals surface area (Å²) in [6, 6.07) is 14.5. The van der Waals surface area contributed by atoms with Crippen LogP contribution in [0.5, 0.6) is 0 Å². The zero-order chi connectivity index (χ0) is 35.6. The van der Waals surface area contributed by atoms with Crippen molar-refractivity contribution in [1.29, 1.82) is 0 Å². The topological polar surface area (TPSA) is 181 Å². The van der Waals surface area contributed by atoms with E-state index >= 15 is 0 Å². The highest BCUT2D eigenvalue weighted by atomic mass is 16.6. The SMILES string of the molecule is C=C(/C=C/C=C1/N(C)c2ccc(CC(=O)O)cc2C1(C)C)C(C)(C)c1cc(CC(=O)O)ccc1[NH2+]Cc1cc([N+](=O)[O-])cc([N+](=O)[O-])c1. The van der Waals surface area contributed by atoms with Crippen LogP contribution in [0.3, 0.4) is 0 Å². The number of nitrogens with zero attached hydrogens (tertiary/aromatic N) is 3. The maximum absolute atomic E-state index is 11.5. The van der Waals surface area contributed by atoms with E-state index in [1.165, 1.54) is 12.1 Å². The van der Waals surface area contributed by atoms with Crippen LogP contribution >= 0.6 is 0 Å². The van der Waals surface area contributed by atoms with Gasteiger partial charge in [0, 0.05) is 52.5 Å². The first kappa shape index (κ1) is 35.2. The second-order valence-corrected chi connectivity index (χ2v) is 12.9. The van der Waals surface area contributed by atoms with E-state index in [4.69, 9.17) is 0 Å². The number of aliphatic carboxylic acids is 2. The largest absolute Gasteiger partial charge is 0.481 e. The van der Waals surface area contributed by atoms with Crippen molar-refractivity contribution in [3.63, 3.8) is 0 Å². The lowest BCUT2D eigenvalue weighted by Gasteiger charge is -2.28. The standard InChI is InChI=1S/C36H38N4O8/c1-22(8-7-9-32-36(4,5)29-17-24(19-34(43)44)11-13-31(29)38(32)6)35(2,3)28-16-23(18-33(41)42)10-12-30(28)37-21-25-14-26(39(45)46)20-27(15-25)40(47)48/h7-17,20,37H,1,18-19,21H2,2-6H3,(H,41,42)(H,43,44)/p+1/b8-7+,32-9+. The molecule has 12 heteroatoms. The molecular formula is C36H39N4O8+. The van der Waals surface area contributed by atoms with Gasteiger partial charge in [0.25, 0.3) is 11.4 Å². The van der Waals surface area contributed by atoms with E-state index in [0.717, 1.165) is 45.4 Å². The number of hydrogen-bond donors (Lipinski definition) is 3. The van der Waals surface area contributed by atoms with E-state index in [-0.39, 0.29) is 30.8 Å². The maximum Gasteiger partial charge on any atom is 0.307 e. The molecule has 0 saturated carbocycles. The van der Waals surface area contributed by atoms with Crippen LogP contribution in [0, 0.1) is 20.2 Å². The first-order chi connectivity index (χ1) is 22.4. The number of fused-ring (bicyclic) bond motifs is 1. The number of allylic oxidation sites excluding steroid dienone is 5. The van der Waals surface area contributed by atoms with Gasteiger partial charge in [-0.25, -0.2) is 0 Å². The van der Waals surface area contributed by atoms with Crippen molar-refractivity contribution in [1.82, 2.24) is 0 Å². The molecule has 0 fully saturated rings. The quantitative estimate of drug-likeness (QED) is 0.0880. The minimum atomic E-state index is -0.982. The molecule has 1 heterocycles. The summed E-state index contributed by atoms with van der Waals surface area (Å²) < 4.78 is 0. The summed E-state index contributed by atoms with van der Waals surface area (Å²) in [7, 11) is 1.97. The fraction of sp³-hybridized carbons (Fsp3) is 0.278. The number of likely N-dealkylation sites (N-methyl/N-ethyl adjacent to an activating group) is 1. The number of carboxylic acid groups (broad SMARTS) is 2. The highest BCUT2D eigenvalue weighted by molar-refractivity contribution is 5.74. The summed E-state index contributed by atoms with van der Waals surface area (Å²) in [6.45, 7) is 12.6. The third-order valence-corrected chi connectivity index (χ3v) is 8.90. The second-order valence-electron chi connectivity index (χ2n) is 12.9. The van der Waals surface area contributed by atoms with Gasteiger partial charge in [-0.3, -0.25) is 29.8 Å². The zero-order valence-electron chi connectivity index (χ0n) is 27.5. The van der Waals surface area contributed by atoms with Crippen molar-refractivity contribution in [3.05, 3.63) is 139 Å². The van der Waals surface area contributed by atoms with Crippen LogP contribution in [0.15, 0.2) is 90.7 Å². The van der Waals surface area contributed by atoms with E-state index in [2.05, 4.69) is 25.3 Å². The van der Waals surface area contributed by atoms with Crippen molar-refractivity contribution >= 4 is 34.7 Å². The summed E-state index contributed by atoms with van der Waals surface area (Å²) in [5.41, 5.74) is 5.14. The number of nitro groups is 2. The van der Waals surface area contributed by atoms with Gasteiger partial charge in [0.05, 0.1) is 28.8 Å². The molecule has 0 unspecified atom stereocenters. The van der Waals surface area contributed by atoms with Gasteiger partial charge in [0.2, 0.25) is 0 Å². The number of anilines is 1. The average molecular weight is 656 g/mol. The fourth-order valence-electron chi connectivity index (χ4n) is 6.12. The Morgan fingerprint density at radius 2 is 1.48 bits per heavy atom. The Morgan fingerprint density at radius 3 is 2.04 bits per heavy atom. The number of carbonyl (C=O) groups is 2. The second kappa shape index (κ2) is 13.6. The zero-order valence-corrected chi connectivity index (χ0v) is 27.5. The Hall–Kier alpha value is -5.62. The number of hydrogen-bond acceptors (Lipinski definition) is 7. The first-order valence-electron chi connectivity index (χ1n) is 15.2. The molecule has 4 N–H and O–H groups in total. The molecule has 3 aromatic rings. The molecule has 4 rings (SSSR count). The van der Waals surface area contributed by atoms with Crippen molar-refractivity contribution < 1.29 is 35.0 Å². The smallest absolute Gasteiger partial charge is 0.307 e. The van der Waals surface area contributed by atoms with Gasteiger partial charge in [-0.2, -0.15) is 0 Å². The van der Waals surface area contributed by atoms with E-state index in [9.17, 15) is 40.0 Å². The Kier molecular flexibility index (Phi) is 10.00. The molecule has 0 amide bonds. The summed E-state index contributed by atoms with van der Waals surface area (Å²) in [5, 5.41) is 43.3. The molecule has 0 saturated heterocycles. The van der Waals surface area contributed by atoms with Gasteiger partial charge < -0.3 is 20.4 Å². The number of nitrogens with two attached hydrogens (primary N) is 1. The first-order valence-corrected chi connectivity index (χ1v) is 15.2. The summed E-state index contributed by atoms with van der Waals surface area (Å²) in [5.74, 6) is -1.87. The molecule has 1 aliphatic heterocycles. The maximum atomic E-state index is 11.5. The molecule has 0 aliphatic carbocycles. The van der Waals surface area contributed by atoms with Crippen molar-refractivity contribution in [2.45, 2.75) is 57.9 Å². The van der Waals surface area contributed by atoms with Gasteiger partial charge in [0.15, 0.2) is 0 Å². The minimum absolute atomic E-state index is 0.0563. The molecule has 12 nitrogen and oxygen atoms in total. The van der Waals surface area contributed by atoms with Gasteiger partial charge in [0.1, 0.15) is 12.2 Å². The number of carboxylic acids is 2. The van der Waals surface area contributed by atoms with Crippen molar-refractivity contribution in [2.75, 3.05) is 11.9 Å². The van der Waals surface area contributed by atoms with E-state index in [0.29, 0.717) is 11.1 Å². The summed E-state index contributed by atoms with van der Waals surface area (Å²) >= 11 is 0. The lowest BCUT2D eigenvalue weighted by Crippen LogP contribution is -2.76. The van der Waals surface area contributed by atoms with E-state index < -0.39 is 32.6 Å². The van der Waals surface area contributed by atoms with Crippen LogP contribution in [-0.4, -0.2) is 39.0 Å². The highest BCUT2D eigenvalue weighted by Crippen LogP contribution is 2.47. The van der Waals surface area contributed by atoms with Crippen molar-refractivity contribution in [3.8, 4) is 0 Å². The van der Waals surface area contributed by atoms with E-state index in [1.54, 1.807) is 12.1 Å². The molecule has 0 radical (unpaired) electrons. The lowest BCUT2D eigenvalue weighted by molar-refractivity contribution is -0.589. The van der Waals surface area contributed by atoms with Gasteiger partial charge >= 0.3 is 11.9 Å². The molecule has 1 aliphatic rings. The predicted molar refractivity (Wildman–Crippen MR) is 181 cm³/mol. The molecule has 0 atom stereocenters. The van der Waals surface area contributed by atoms with Crippen molar-refractivity contribution in [2.24, 2.45) is 0 Å². The molecular weight excluding hydrogens is 616 g/mol. The molecule has 48 heavy (non-hydrogen) atoms. The molecule has 0 bridgehead atoms. The van der Waals surface area contributed by atoms with Gasteiger partial charge in [-0.05, 0) is 46.5 Å². The van der Waals surface area contributed by atoms with Crippen LogP contribution in [0.1, 0.15) is 55.5 Å². The van der Waals surface area contributed by atoms with Gasteiger partial charge in [-0.15, -0.1) is 0 Å². The van der Waals surface area contributed by atoms with E-state index in [1.807, 2.05) is 68.7 Å². The van der Waals surface area contributed by atoms with Crippen LogP contribution < -0.4 is 10.2 Å². The lowest BCUT2D eigenvalue weighted by atomic mass is 9.76. The van der Waals surface area contributed by atoms with Crippen LogP contribution in [0.2, 0.25) is 0 Å². The van der Waals surface area contributed by atoms with Crippen LogP contribution in [-0.2, 0) is 39.8 Å². The number of benzene rings is 3. The minimum Gasteiger partial charge on any atom is -0.481 e. The highest BCUT2D eigenvalue weighted by Gasteiger charge is 2.38. The normalized spacial score (nSPS) is 14.7. The van der Waals surface area contributed by atoms with Crippen LogP contribution in [0.25, 0.3) is 0 Å². The Balaban J connectivity index is 1.64. The third kappa shape index (κ3) is 7.50. The predicted octanol–water partition coefficient (Wildman–Crippen LogP) is 5.85. The molecule has 0 spiro atoms.